The summed E-state index contributed by atoms with van der Waals surface area (Å²) in [6.07, 6.45) is 0.629. The molecule has 12 heteroatoms. The summed E-state index contributed by atoms with van der Waals surface area (Å²) in [4.78, 5) is 21.1. The molecule has 36 heavy (non-hydrogen) atoms. The van der Waals surface area contributed by atoms with Crippen LogP contribution in [0.1, 0.15) is 17.2 Å². The number of aromatic amines is 1. The molecular formula is C24H25F4N5O3. The number of anilines is 1. The fourth-order valence-electron chi connectivity index (χ4n) is 4.27. The zero-order chi connectivity index (χ0) is 25.7. The van der Waals surface area contributed by atoms with Gasteiger partial charge in [0.1, 0.15) is 11.6 Å². The Hall–Kier alpha value is -3.83. The van der Waals surface area contributed by atoms with Crippen LogP contribution in [0.3, 0.4) is 0 Å². The molecule has 1 fully saturated rings. The molecular weight excluding hydrogens is 482 g/mol. The molecule has 1 aromatic heterocycles. The molecule has 1 amide bonds. The lowest BCUT2D eigenvalue weighted by molar-refractivity contribution is -0.133. The van der Waals surface area contributed by atoms with Crippen LogP contribution < -0.4 is 14.4 Å². The Balaban J connectivity index is 1.56. The van der Waals surface area contributed by atoms with E-state index in [-0.39, 0.29) is 18.4 Å². The van der Waals surface area contributed by atoms with Crippen LogP contribution in [0.5, 0.6) is 11.5 Å². The van der Waals surface area contributed by atoms with Crippen LogP contribution in [0.15, 0.2) is 48.5 Å². The molecule has 0 aliphatic carbocycles. The maximum Gasteiger partial charge on any atom is 0.387 e. The maximum absolute atomic E-state index is 13.2. The van der Waals surface area contributed by atoms with Gasteiger partial charge in [-0.25, -0.2) is 4.98 Å². The number of carbonyl (C=O) groups is 1. The second-order valence-corrected chi connectivity index (χ2v) is 8.27. The summed E-state index contributed by atoms with van der Waals surface area (Å²) in [5.41, 5.74) is 1.52. The number of H-pyrrole nitrogens is 1. The standard InChI is InChI=1S/C24H25F4N5O3/c1-15-29-21(31-30-15)13-22(34)33-10-9-32(14-18(33)11-16-5-3-2-4-6-16)17-7-8-19(35-23(25)26)20(12-17)36-24(27)28/h2-8,12,18,23-24H,9-11,13-14H2,1H3,(H,29,30,31)/t18-/m0/s1. The lowest BCUT2D eigenvalue weighted by atomic mass is 10.0. The van der Waals surface area contributed by atoms with Crippen molar-refractivity contribution >= 4 is 11.6 Å². The summed E-state index contributed by atoms with van der Waals surface area (Å²) < 4.78 is 60.0. The number of rotatable bonds is 9. The summed E-state index contributed by atoms with van der Waals surface area (Å²) in [5.74, 6) is -0.0619. The molecule has 4 rings (SSSR count). The number of piperazine rings is 1. The summed E-state index contributed by atoms with van der Waals surface area (Å²) in [5, 5.41) is 6.73. The normalized spacial score (nSPS) is 16.0. The minimum Gasteiger partial charge on any atom is -0.431 e. The Morgan fingerprint density at radius 1 is 1.06 bits per heavy atom. The molecule has 2 heterocycles. The van der Waals surface area contributed by atoms with E-state index in [0.29, 0.717) is 43.4 Å². The predicted molar refractivity (Wildman–Crippen MR) is 122 cm³/mol. The molecule has 8 nitrogen and oxygen atoms in total. The molecule has 3 aromatic rings. The van der Waals surface area contributed by atoms with Gasteiger partial charge < -0.3 is 19.3 Å². The van der Waals surface area contributed by atoms with Crippen molar-refractivity contribution in [1.82, 2.24) is 20.1 Å². The topological polar surface area (TPSA) is 83.6 Å². The molecule has 0 saturated carbocycles. The number of carbonyl (C=O) groups excluding carboxylic acids is 1. The number of hydrogen-bond acceptors (Lipinski definition) is 6. The first-order chi connectivity index (χ1) is 17.3. The van der Waals surface area contributed by atoms with Gasteiger partial charge in [0.15, 0.2) is 11.5 Å². The van der Waals surface area contributed by atoms with Crippen LogP contribution in [0.25, 0.3) is 0 Å². The molecule has 0 spiro atoms. The highest BCUT2D eigenvalue weighted by molar-refractivity contribution is 5.78. The van der Waals surface area contributed by atoms with Gasteiger partial charge in [0.2, 0.25) is 5.91 Å². The van der Waals surface area contributed by atoms with Crippen molar-refractivity contribution in [2.45, 2.75) is 39.0 Å². The van der Waals surface area contributed by atoms with Crippen LogP contribution in [-0.4, -0.2) is 64.9 Å². The molecule has 2 aromatic carbocycles. The lowest BCUT2D eigenvalue weighted by Crippen LogP contribution is -2.56. The minimum absolute atomic E-state index is 0.0676. The first kappa shape index (κ1) is 25.3. The summed E-state index contributed by atoms with van der Waals surface area (Å²) >= 11 is 0. The number of aromatic nitrogens is 3. The number of hydrogen-bond donors (Lipinski definition) is 1. The van der Waals surface area contributed by atoms with Crippen LogP contribution >= 0.6 is 0 Å². The van der Waals surface area contributed by atoms with E-state index in [1.54, 1.807) is 11.8 Å². The SMILES string of the molecule is Cc1n[nH]c(CC(=O)N2CCN(c3ccc(OC(F)F)c(OC(F)F)c3)C[C@@H]2Cc2ccccc2)n1. The zero-order valence-electron chi connectivity index (χ0n) is 19.4. The van der Waals surface area contributed by atoms with Gasteiger partial charge in [0.25, 0.3) is 0 Å². The molecule has 1 aliphatic rings. The Morgan fingerprint density at radius 3 is 2.44 bits per heavy atom. The quantitative estimate of drug-likeness (QED) is 0.444. The van der Waals surface area contributed by atoms with Crippen LogP contribution in [-0.2, 0) is 17.6 Å². The molecule has 1 aliphatic heterocycles. The summed E-state index contributed by atoms with van der Waals surface area (Å²) in [6, 6.07) is 13.3. The van der Waals surface area contributed by atoms with Crippen LogP contribution in [0, 0.1) is 6.92 Å². The fraction of sp³-hybridized carbons (Fsp3) is 0.375. The van der Waals surface area contributed by atoms with E-state index in [9.17, 15) is 22.4 Å². The maximum atomic E-state index is 13.2. The van der Waals surface area contributed by atoms with E-state index >= 15 is 0 Å². The van der Waals surface area contributed by atoms with Crippen LogP contribution in [0.4, 0.5) is 23.2 Å². The molecule has 1 N–H and O–H groups in total. The monoisotopic (exact) mass is 507 g/mol. The first-order valence-electron chi connectivity index (χ1n) is 11.3. The van der Waals surface area contributed by atoms with E-state index in [1.165, 1.54) is 18.2 Å². The number of halogens is 4. The van der Waals surface area contributed by atoms with Crippen molar-refractivity contribution in [3.8, 4) is 11.5 Å². The molecule has 0 radical (unpaired) electrons. The highest BCUT2D eigenvalue weighted by Gasteiger charge is 2.31. The number of amides is 1. The zero-order valence-corrected chi connectivity index (χ0v) is 19.4. The molecule has 1 atom stereocenters. The first-order valence-corrected chi connectivity index (χ1v) is 11.3. The average Bonchev–Trinajstić information content (AvgIpc) is 3.24. The van der Waals surface area contributed by atoms with E-state index in [1.807, 2.05) is 35.2 Å². The fourth-order valence-corrected chi connectivity index (χ4v) is 4.27. The molecule has 0 unspecified atom stereocenters. The van der Waals surface area contributed by atoms with Gasteiger partial charge in [-0.3, -0.25) is 9.89 Å². The van der Waals surface area contributed by atoms with Gasteiger partial charge in [-0.15, -0.1) is 0 Å². The van der Waals surface area contributed by atoms with Crippen molar-refractivity contribution in [3.63, 3.8) is 0 Å². The average molecular weight is 507 g/mol. The van der Waals surface area contributed by atoms with E-state index in [2.05, 4.69) is 24.7 Å². The molecule has 1 saturated heterocycles. The van der Waals surface area contributed by atoms with E-state index < -0.39 is 24.7 Å². The van der Waals surface area contributed by atoms with Crippen molar-refractivity contribution in [2.24, 2.45) is 0 Å². The van der Waals surface area contributed by atoms with Gasteiger partial charge >= 0.3 is 13.2 Å². The third-order valence-corrected chi connectivity index (χ3v) is 5.80. The Bertz CT molecular complexity index is 1160. The van der Waals surface area contributed by atoms with Gasteiger partial charge in [0.05, 0.1) is 12.5 Å². The second kappa shape index (κ2) is 11.3. The predicted octanol–water partition coefficient (Wildman–Crippen LogP) is 3.82. The van der Waals surface area contributed by atoms with E-state index in [0.717, 1.165) is 5.56 Å². The van der Waals surface area contributed by atoms with Crippen molar-refractivity contribution in [2.75, 3.05) is 24.5 Å². The van der Waals surface area contributed by atoms with Gasteiger partial charge in [-0.2, -0.15) is 22.7 Å². The largest absolute Gasteiger partial charge is 0.431 e. The van der Waals surface area contributed by atoms with Crippen molar-refractivity contribution < 1.29 is 31.8 Å². The highest BCUT2D eigenvalue weighted by Crippen LogP contribution is 2.35. The number of nitrogens with zero attached hydrogens (tertiary/aromatic N) is 4. The summed E-state index contributed by atoms with van der Waals surface area (Å²) in [7, 11) is 0. The lowest BCUT2D eigenvalue weighted by Gasteiger charge is -2.42. The number of ether oxygens (including phenoxy) is 2. The number of benzene rings is 2. The van der Waals surface area contributed by atoms with Gasteiger partial charge in [0, 0.05) is 31.4 Å². The van der Waals surface area contributed by atoms with Crippen molar-refractivity contribution in [3.05, 3.63) is 65.7 Å². The van der Waals surface area contributed by atoms with E-state index in [4.69, 9.17) is 0 Å². The number of nitrogens with one attached hydrogen (secondary N) is 1. The second-order valence-electron chi connectivity index (χ2n) is 8.27. The number of alkyl halides is 4. The third kappa shape index (κ3) is 6.43. The Kier molecular flexibility index (Phi) is 7.91. The smallest absolute Gasteiger partial charge is 0.387 e. The van der Waals surface area contributed by atoms with Crippen LogP contribution in [0.2, 0.25) is 0 Å². The number of aryl methyl sites for hydroxylation is 1. The Labute approximate surface area is 204 Å². The summed E-state index contributed by atoms with van der Waals surface area (Å²) in [6.45, 7) is -3.52. The van der Waals surface area contributed by atoms with Gasteiger partial charge in [-0.1, -0.05) is 30.3 Å². The minimum atomic E-state index is -3.21. The van der Waals surface area contributed by atoms with Gasteiger partial charge in [-0.05, 0) is 31.0 Å². The molecule has 0 bridgehead atoms. The highest BCUT2D eigenvalue weighted by atomic mass is 19.3. The van der Waals surface area contributed by atoms with Crippen molar-refractivity contribution in [1.29, 1.82) is 0 Å². The molecule has 192 valence electrons. The third-order valence-electron chi connectivity index (χ3n) is 5.80. The Morgan fingerprint density at radius 2 is 1.78 bits per heavy atom.